The van der Waals surface area contributed by atoms with E-state index in [-0.39, 0.29) is 12.5 Å². The van der Waals surface area contributed by atoms with Gasteiger partial charge in [-0.15, -0.1) is 11.3 Å². The number of aliphatic hydroxyl groups is 1. The van der Waals surface area contributed by atoms with Crippen LogP contribution < -0.4 is 5.73 Å². The number of hydrogen-bond donors (Lipinski definition) is 2. The number of nitrogens with two attached hydrogens (primary N) is 1. The molecule has 1 heterocycles. The molecule has 0 saturated heterocycles. The highest BCUT2D eigenvalue weighted by Gasteiger charge is 2.09. The predicted molar refractivity (Wildman–Crippen MR) is 47.9 cm³/mol. The van der Waals surface area contributed by atoms with Crippen molar-refractivity contribution in [1.82, 2.24) is 0 Å². The molecule has 0 spiro atoms. The van der Waals surface area contributed by atoms with E-state index in [1.807, 2.05) is 6.07 Å². The molecule has 1 aromatic rings. The second-order valence-corrected chi connectivity index (χ2v) is 3.88. The molecule has 3 heteroatoms. The van der Waals surface area contributed by atoms with Crippen molar-refractivity contribution in [2.45, 2.75) is 12.8 Å². The second-order valence-electron chi connectivity index (χ2n) is 2.56. The van der Waals surface area contributed by atoms with E-state index in [0.29, 0.717) is 6.54 Å². The summed E-state index contributed by atoms with van der Waals surface area (Å²) in [5.41, 5.74) is 5.47. The minimum atomic E-state index is 0.133. The van der Waals surface area contributed by atoms with Gasteiger partial charge in [-0.2, -0.15) is 0 Å². The van der Waals surface area contributed by atoms with Crippen LogP contribution in [0.25, 0.3) is 0 Å². The maximum atomic E-state index is 8.92. The summed E-state index contributed by atoms with van der Waals surface area (Å²) in [5, 5.41) is 8.92. The van der Waals surface area contributed by atoms with Crippen molar-refractivity contribution >= 4 is 11.3 Å². The topological polar surface area (TPSA) is 46.2 Å². The summed E-state index contributed by atoms with van der Waals surface area (Å²) in [4.78, 5) is 2.46. The number of aliphatic hydroxyl groups excluding tert-OH is 1. The van der Waals surface area contributed by atoms with Crippen molar-refractivity contribution < 1.29 is 5.11 Å². The highest BCUT2D eigenvalue weighted by Crippen LogP contribution is 2.22. The van der Waals surface area contributed by atoms with Crippen molar-refractivity contribution in [3.8, 4) is 0 Å². The molecule has 0 aliphatic heterocycles. The van der Waals surface area contributed by atoms with Gasteiger partial charge in [0.15, 0.2) is 0 Å². The third kappa shape index (κ3) is 2.02. The Morgan fingerprint density at radius 1 is 1.64 bits per heavy atom. The first kappa shape index (κ1) is 8.71. The molecule has 1 unspecified atom stereocenters. The summed E-state index contributed by atoms with van der Waals surface area (Å²) in [6, 6.07) is 4.09. The molecule has 3 N–H and O–H groups in total. The molecule has 11 heavy (non-hydrogen) atoms. The summed E-state index contributed by atoms with van der Waals surface area (Å²) in [7, 11) is 0. The van der Waals surface area contributed by atoms with Gasteiger partial charge in [0.25, 0.3) is 0 Å². The maximum Gasteiger partial charge on any atom is 0.0519 e. The minimum absolute atomic E-state index is 0.133. The lowest BCUT2D eigenvalue weighted by Gasteiger charge is -2.07. The van der Waals surface area contributed by atoms with Gasteiger partial charge in [-0.25, -0.2) is 0 Å². The van der Waals surface area contributed by atoms with E-state index in [2.05, 4.69) is 13.0 Å². The van der Waals surface area contributed by atoms with Crippen molar-refractivity contribution in [2.75, 3.05) is 13.2 Å². The van der Waals surface area contributed by atoms with E-state index >= 15 is 0 Å². The van der Waals surface area contributed by atoms with Gasteiger partial charge in [0.1, 0.15) is 0 Å². The van der Waals surface area contributed by atoms with Crippen LogP contribution in [0, 0.1) is 6.92 Å². The molecule has 0 aromatic carbocycles. The van der Waals surface area contributed by atoms with Crippen LogP contribution in [-0.2, 0) is 0 Å². The van der Waals surface area contributed by atoms with Crippen LogP contribution >= 0.6 is 11.3 Å². The minimum Gasteiger partial charge on any atom is -0.396 e. The van der Waals surface area contributed by atoms with Crippen molar-refractivity contribution in [2.24, 2.45) is 5.73 Å². The second kappa shape index (κ2) is 3.85. The summed E-state index contributed by atoms with van der Waals surface area (Å²) >= 11 is 1.70. The highest BCUT2D eigenvalue weighted by molar-refractivity contribution is 7.12. The van der Waals surface area contributed by atoms with Crippen LogP contribution in [0.15, 0.2) is 12.1 Å². The molecule has 1 aromatic heterocycles. The van der Waals surface area contributed by atoms with Gasteiger partial charge in [0, 0.05) is 22.2 Å². The maximum absolute atomic E-state index is 8.92. The Bertz CT molecular complexity index is 218. The fourth-order valence-electron chi connectivity index (χ4n) is 0.953. The monoisotopic (exact) mass is 171 g/mol. The normalized spacial score (nSPS) is 13.4. The van der Waals surface area contributed by atoms with Crippen molar-refractivity contribution in [1.29, 1.82) is 0 Å². The lowest BCUT2D eigenvalue weighted by atomic mass is 10.1. The Hall–Kier alpha value is -0.380. The first-order valence-electron chi connectivity index (χ1n) is 3.65. The van der Waals surface area contributed by atoms with Gasteiger partial charge in [-0.3, -0.25) is 0 Å². The van der Waals surface area contributed by atoms with Gasteiger partial charge in [0.05, 0.1) is 6.61 Å². The molecule has 0 saturated carbocycles. The lowest BCUT2D eigenvalue weighted by Crippen LogP contribution is -2.14. The molecular formula is C8H13NOS. The van der Waals surface area contributed by atoms with Crippen LogP contribution in [0.4, 0.5) is 0 Å². The zero-order valence-electron chi connectivity index (χ0n) is 6.58. The molecular weight excluding hydrogens is 158 g/mol. The first-order chi connectivity index (χ1) is 5.27. The molecule has 1 rings (SSSR count). The lowest BCUT2D eigenvalue weighted by molar-refractivity contribution is 0.269. The molecule has 2 nitrogen and oxygen atoms in total. The Morgan fingerprint density at radius 2 is 2.36 bits per heavy atom. The number of thiophene rings is 1. The zero-order valence-corrected chi connectivity index (χ0v) is 7.40. The molecule has 0 amide bonds. The Morgan fingerprint density at radius 3 is 2.73 bits per heavy atom. The van der Waals surface area contributed by atoms with Crippen LogP contribution in [0.1, 0.15) is 15.7 Å². The summed E-state index contributed by atoms with van der Waals surface area (Å²) in [6.07, 6.45) is 0. The summed E-state index contributed by atoms with van der Waals surface area (Å²) in [5.74, 6) is 0.133. The summed E-state index contributed by atoms with van der Waals surface area (Å²) < 4.78 is 0. The van der Waals surface area contributed by atoms with Gasteiger partial charge in [0.2, 0.25) is 0 Å². The fraction of sp³-hybridized carbons (Fsp3) is 0.500. The largest absolute Gasteiger partial charge is 0.396 e. The fourth-order valence-corrected chi connectivity index (χ4v) is 1.93. The van der Waals surface area contributed by atoms with Gasteiger partial charge < -0.3 is 10.8 Å². The van der Waals surface area contributed by atoms with E-state index in [1.54, 1.807) is 11.3 Å². The van der Waals surface area contributed by atoms with Gasteiger partial charge >= 0.3 is 0 Å². The van der Waals surface area contributed by atoms with Crippen LogP contribution in [0.2, 0.25) is 0 Å². The Kier molecular flexibility index (Phi) is 3.05. The molecule has 1 atom stereocenters. The van der Waals surface area contributed by atoms with E-state index in [1.165, 1.54) is 9.75 Å². The smallest absolute Gasteiger partial charge is 0.0519 e. The van der Waals surface area contributed by atoms with Gasteiger partial charge in [-0.1, -0.05) is 0 Å². The zero-order chi connectivity index (χ0) is 8.27. The third-order valence-corrected chi connectivity index (χ3v) is 2.83. The Labute approximate surface area is 70.7 Å². The van der Waals surface area contributed by atoms with E-state index in [4.69, 9.17) is 10.8 Å². The first-order valence-corrected chi connectivity index (χ1v) is 4.47. The molecule has 0 radical (unpaired) electrons. The molecule has 0 aliphatic carbocycles. The van der Waals surface area contributed by atoms with Crippen LogP contribution in [0.5, 0.6) is 0 Å². The quantitative estimate of drug-likeness (QED) is 0.715. The van der Waals surface area contributed by atoms with Gasteiger partial charge in [-0.05, 0) is 19.1 Å². The number of hydrogen-bond acceptors (Lipinski definition) is 3. The number of rotatable bonds is 3. The molecule has 0 fully saturated rings. The average molecular weight is 171 g/mol. The highest BCUT2D eigenvalue weighted by atomic mass is 32.1. The van der Waals surface area contributed by atoms with Crippen LogP contribution in [-0.4, -0.2) is 18.3 Å². The predicted octanol–water partition coefficient (Wildman–Crippen LogP) is 1.09. The van der Waals surface area contributed by atoms with E-state index < -0.39 is 0 Å². The number of aryl methyl sites for hydroxylation is 1. The van der Waals surface area contributed by atoms with E-state index in [0.717, 1.165) is 0 Å². The van der Waals surface area contributed by atoms with Crippen LogP contribution in [0.3, 0.4) is 0 Å². The molecule has 0 aliphatic rings. The third-order valence-electron chi connectivity index (χ3n) is 1.67. The molecule has 62 valence electrons. The molecule has 0 bridgehead atoms. The average Bonchev–Trinajstić information content (AvgIpc) is 2.39. The van der Waals surface area contributed by atoms with E-state index in [9.17, 15) is 0 Å². The van der Waals surface area contributed by atoms with Crippen molar-refractivity contribution in [3.05, 3.63) is 21.9 Å². The Balaban J connectivity index is 2.73. The SMILES string of the molecule is Cc1ccc(C(CN)CO)s1. The summed E-state index contributed by atoms with van der Waals surface area (Å²) in [6.45, 7) is 2.73. The standard InChI is InChI=1S/C8H13NOS/c1-6-2-3-8(11-6)7(4-9)5-10/h2-3,7,10H,4-5,9H2,1H3. The van der Waals surface area contributed by atoms with Crippen molar-refractivity contribution in [3.63, 3.8) is 0 Å².